The molecule has 0 unspecified atom stereocenters. The van der Waals surface area contributed by atoms with Gasteiger partial charge in [-0.25, -0.2) is 0 Å². The molecule has 0 amide bonds. The van der Waals surface area contributed by atoms with Crippen LogP contribution in [0.1, 0.15) is 19.3 Å². The Hall–Kier alpha value is -1.59. The maximum absolute atomic E-state index is 4.75. The summed E-state index contributed by atoms with van der Waals surface area (Å²) in [6.07, 6.45) is 2.56. The molecule has 6 nitrogen and oxygen atoms in total. The number of hydrogen-bond donors (Lipinski definition) is 0. The van der Waals surface area contributed by atoms with Gasteiger partial charge in [0.1, 0.15) is 32.8 Å². The second-order valence-electron chi connectivity index (χ2n) is 2.92. The van der Waals surface area contributed by atoms with Gasteiger partial charge < -0.3 is 14.5 Å². The van der Waals surface area contributed by atoms with Crippen LogP contribution >= 0.6 is 0 Å². The lowest BCUT2D eigenvalue weighted by molar-refractivity contribution is 0.206. The zero-order valence-electron chi connectivity index (χ0n) is 9.19. The molecule has 1 fully saturated rings. The molecule has 0 aromatic carbocycles. The Kier molecular flexibility index (Phi) is 4.59. The van der Waals surface area contributed by atoms with Gasteiger partial charge in [0.25, 0.3) is 0 Å². The Morgan fingerprint density at radius 1 is 0.800 bits per heavy atom. The monoisotopic (exact) mass is 213 g/mol. The van der Waals surface area contributed by atoms with Crippen molar-refractivity contribution in [3.63, 3.8) is 0 Å². The van der Waals surface area contributed by atoms with Gasteiger partial charge in [-0.1, -0.05) is 15.5 Å². The quantitative estimate of drug-likeness (QED) is 0.661. The van der Waals surface area contributed by atoms with E-state index < -0.39 is 0 Å². The van der Waals surface area contributed by atoms with Gasteiger partial charge in [0.05, 0.1) is 0 Å². The summed E-state index contributed by atoms with van der Waals surface area (Å²) in [5, 5.41) is 11.7. The van der Waals surface area contributed by atoms with Crippen LogP contribution in [-0.2, 0) is 14.5 Å². The Bertz CT molecular complexity index is 273. The van der Waals surface area contributed by atoms with Crippen molar-refractivity contribution >= 4 is 17.1 Å². The zero-order valence-corrected chi connectivity index (χ0v) is 9.19. The molecule has 84 valence electrons. The van der Waals surface area contributed by atoms with E-state index >= 15 is 0 Å². The van der Waals surface area contributed by atoms with Crippen LogP contribution in [0.3, 0.4) is 0 Å². The third kappa shape index (κ3) is 2.93. The van der Waals surface area contributed by atoms with Crippen LogP contribution in [0.4, 0.5) is 0 Å². The standard InChI is InChI=1S/C9H15N3O3/c1-13-10-7-5-4-6-8(11-14-2)9(7)12-15-3/h4-6H2,1-3H3. The highest BCUT2D eigenvalue weighted by Crippen LogP contribution is 2.12. The molecule has 1 aliphatic carbocycles. The molecule has 0 bridgehead atoms. The van der Waals surface area contributed by atoms with E-state index in [2.05, 4.69) is 15.5 Å². The largest absolute Gasteiger partial charge is 0.399 e. The maximum atomic E-state index is 4.75. The minimum absolute atomic E-state index is 0.604. The van der Waals surface area contributed by atoms with Crippen molar-refractivity contribution in [2.24, 2.45) is 15.5 Å². The highest BCUT2D eigenvalue weighted by Gasteiger charge is 2.23. The van der Waals surface area contributed by atoms with E-state index in [4.69, 9.17) is 14.5 Å². The van der Waals surface area contributed by atoms with Crippen molar-refractivity contribution in [1.82, 2.24) is 0 Å². The fraction of sp³-hybridized carbons (Fsp3) is 0.667. The summed E-state index contributed by atoms with van der Waals surface area (Å²) < 4.78 is 0. The first-order valence-corrected chi connectivity index (χ1v) is 4.65. The normalized spacial score (nSPS) is 21.7. The van der Waals surface area contributed by atoms with Crippen molar-refractivity contribution < 1.29 is 14.5 Å². The molecule has 1 aliphatic rings. The van der Waals surface area contributed by atoms with Crippen LogP contribution in [0.2, 0.25) is 0 Å². The highest BCUT2D eigenvalue weighted by atomic mass is 16.6. The molecular weight excluding hydrogens is 198 g/mol. The fourth-order valence-corrected chi connectivity index (χ4v) is 1.42. The summed E-state index contributed by atoms with van der Waals surface area (Å²) in [6, 6.07) is 0. The maximum Gasteiger partial charge on any atom is 0.152 e. The third-order valence-corrected chi connectivity index (χ3v) is 1.96. The predicted octanol–water partition coefficient (Wildman–Crippen LogP) is 1.18. The van der Waals surface area contributed by atoms with E-state index in [1.165, 1.54) is 21.3 Å². The first-order chi connectivity index (χ1) is 7.33. The Balaban J connectivity index is 2.96. The topological polar surface area (TPSA) is 64.8 Å². The molecule has 0 aliphatic heterocycles. The Labute approximate surface area is 88.5 Å². The summed E-state index contributed by atoms with van der Waals surface area (Å²) in [5.74, 6) is 0. The predicted molar refractivity (Wildman–Crippen MR) is 57.2 cm³/mol. The molecule has 0 heterocycles. The fourth-order valence-electron chi connectivity index (χ4n) is 1.42. The molecule has 6 heteroatoms. The summed E-state index contributed by atoms with van der Waals surface area (Å²) in [4.78, 5) is 14.2. The lowest BCUT2D eigenvalue weighted by Crippen LogP contribution is -2.29. The van der Waals surface area contributed by atoms with E-state index in [0.29, 0.717) is 5.71 Å². The molecule has 0 atom stereocenters. The average Bonchev–Trinajstić information content (AvgIpc) is 2.23. The molecule has 0 N–H and O–H groups in total. The number of hydrogen-bond acceptors (Lipinski definition) is 6. The van der Waals surface area contributed by atoms with Gasteiger partial charge >= 0.3 is 0 Å². The summed E-state index contributed by atoms with van der Waals surface area (Å²) in [7, 11) is 4.48. The van der Waals surface area contributed by atoms with Crippen LogP contribution in [-0.4, -0.2) is 38.5 Å². The van der Waals surface area contributed by atoms with E-state index in [1.54, 1.807) is 0 Å². The van der Waals surface area contributed by atoms with Gasteiger partial charge in [0.15, 0.2) is 5.71 Å². The van der Waals surface area contributed by atoms with Crippen molar-refractivity contribution in [3.8, 4) is 0 Å². The lowest BCUT2D eigenvalue weighted by Gasteiger charge is -2.15. The van der Waals surface area contributed by atoms with Crippen molar-refractivity contribution in [2.75, 3.05) is 21.3 Å². The van der Waals surface area contributed by atoms with Gasteiger partial charge in [-0.2, -0.15) is 0 Å². The second-order valence-corrected chi connectivity index (χ2v) is 2.92. The van der Waals surface area contributed by atoms with Crippen molar-refractivity contribution in [1.29, 1.82) is 0 Å². The molecule has 0 spiro atoms. The second kappa shape index (κ2) is 6.00. The number of rotatable bonds is 3. The van der Waals surface area contributed by atoms with Crippen molar-refractivity contribution in [3.05, 3.63) is 0 Å². The van der Waals surface area contributed by atoms with Gasteiger partial charge in [-0.3, -0.25) is 0 Å². The summed E-state index contributed by atoms with van der Waals surface area (Å²) in [6.45, 7) is 0. The number of nitrogens with zero attached hydrogens (tertiary/aromatic N) is 3. The van der Waals surface area contributed by atoms with Crippen LogP contribution in [0.5, 0.6) is 0 Å². The Morgan fingerprint density at radius 2 is 1.27 bits per heavy atom. The third-order valence-electron chi connectivity index (χ3n) is 1.96. The van der Waals surface area contributed by atoms with Crippen LogP contribution in [0.25, 0.3) is 0 Å². The molecule has 1 saturated carbocycles. The average molecular weight is 213 g/mol. The zero-order chi connectivity index (χ0) is 11.1. The molecule has 1 rings (SSSR count). The lowest BCUT2D eigenvalue weighted by atomic mass is 9.94. The van der Waals surface area contributed by atoms with E-state index in [9.17, 15) is 0 Å². The van der Waals surface area contributed by atoms with E-state index in [0.717, 1.165) is 30.7 Å². The van der Waals surface area contributed by atoms with Gasteiger partial charge in [0, 0.05) is 0 Å². The minimum Gasteiger partial charge on any atom is -0.399 e. The van der Waals surface area contributed by atoms with Crippen LogP contribution in [0, 0.1) is 0 Å². The van der Waals surface area contributed by atoms with Gasteiger partial charge in [-0.15, -0.1) is 0 Å². The first kappa shape index (κ1) is 11.5. The molecule has 0 aromatic rings. The molecule has 0 aromatic heterocycles. The van der Waals surface area contributed by atoms with E-state index in [-0.39, 0.29) is 0 Å². The van der Waals surface area contributed by atoms with Gasteiger partial charge in [-0.05, 0) is 19.3 Å². The first-order valence-electron chi connectivity index (χ1n) is 4.65. The minimum atomic E-state index is 0.604. The van der Waals surface area contributed by atoms with E-state index in [1.807, 2.05) is 0 Å². The summed E-state index contributed by atoms with van der Waals surface area (Å²) >= 11 is 0. The van der Waals surface area contributed by atoms with Crippen molar-refractivity contribution in [2.45, 2.75) is 19.3 Å². The SMILES string of the molecule is CON=C1CCCC(=NOC)C1=NOC. The number of oxime groups is 3. The summed E-state index contributed by atoms with van der Waals surface area (Å²) in [5.41, 5.74) is 2.08. The molecule has 15 heavy (non-hydrogen) atoms. The smallest absolute Gasteiger partial charge is 0.152 e. The Morgan fingerprint density at radius 3 is 1.67 bits per heavy atom. The van der Waals surface area contributed by atoms with Crippen LogP contribution < -0.4 is 0 Å². The molecule has 0 radical (unpaired) electrons. The molecular formula is C9H15N3O3. The highest BCUT2D eigenvalue weighted by molar-refractivity contribution is 6.69. The van der Waals surface area contributed by atoms with Gasteiger partial charge in [0.2, 0.25) is 0 Å². The molecule has 0 saturated heterocycles. The van der Waals surface area contributed by atoms with Crippen LogP contribution in [0.15, 0.2) is 15.5 Å².